The predicted molar refractivity (Wildman–Crippen MR) is 72.7 cm³/mol. The van der Waals surface area contributed by atoms with Crippen molar-refractivity contribution >= 4 is 0 Å². The zero-order chi connectivity index (χ0) is 13.2. The van der Waals surface area contributed by atoms with E-state index in [9.17, 15) is 5.11 Å². The lowest BCUT2D eigenvalue weighted by molar-refractivity contribution is 0.174. The molecule has 1 aliphatic heterocycles. The number of phenolic OH excluding ortho intramolecular Hbond substituents is 1. The molecule has 1 N–H and O–H groups in total. The van der Waals surface area contributed by atoms with Crippen molar-refractivity contribution in [3.05, 3.63) is 66.2 Å². The van der Waals surface area contributed by atoms with Crippen LogP contribution in [-0.4, -0.2) is 11.9 Å². The topological polar surface area (TPSA) is 38.7 Å². The number of fused-ring (bicyclic) bond motifs is 1. The molecule has 0 radical (unpaired) electrons. The summed E-state index contributed by atoms with van der Waals surface area (Å²) in [6, 6.07) is 13.3. The van der Waals surface area contributed by atoms with Gasteiger partial charge in [0.15, 0.2) is 11.5 Å². The van der Waals surface area contributed by atoms with Crippen LogP contribution in [0.5, 0.6) is 17.2 Å². The van der Waals surface area contributed by atoms with E-state index in [1.807, 2.05) is 42.5 Å². The van der Waals surface area contributed by atoms with Gasteiger partial charge in [0, 0.05) is 17.5 Å². The maximum atomic E-state index is 10.2. The van der Waals surface area contributed by atoms with Crippen molar-refractivity contribution < 1.29 is 14.6 Å². The van der Waals surface area contributed by atoms with Crippen LogP contribution in [0.3, 0.4) is 0 Å². The first-order valence-electron chi connectivity index (χ1n) is 6.09. The lowest BCUT2D eigenvalue weighted by atomic mass is 9.90. The molecule has 0 fully saturated rings. The number of hydrogen-bond donors (Lipinski definition) is 1. The first kappa shape index (κ1) is 11.7. The molecule has 0 aliphatic carbocycles. The minimum Gasteiger partial charge on any atom is -0.507 e. The number of benzene rings is 2. The number of rotatable bonds is 3. The summed E-state index contributed by atoms with van der Waals surface area (Å²) in [5, 5.41) is 10.2. The highest BCUT2D eigenvalue weighted by Crippen LogP contribution is 2.42. The van der Waals surface area contributed by atoms with E-state index in [0.29, 0.717) is 11.5 Å². The number of hydrogen-bond acceptors (Lipinski definition) is 3. The molecule has 0 spiro atoms. The van der Waals surface area contributed by atoms with Crippen LogP contribution >= 0.6 is 0 Å². The minimum absolute atomic E-state index is 0.0734. The van der Waals surface area contributed by atoms with Gasteiger partial charge in [-0.3, -0.25) is 0 Å². The highest BCUT2D eigenvalue weighted by molar-refractivity contribution is 5.55. The van der Waals surface area contributed by atoms with Gasteiger partial charge in [-0.05, 0) is 11.6 Å². The van der Waals surface area contributed by atoms with Crippen LogP contribution in [0.1, 0.15) is 17.0 Å². The smallest absolute Gasteiger partial charge is 0.231 e. The predicted octanol–water partition coefficient (Wildman–Crippen LogP) is 3.44. The quantitative estimate of drug-likeness (QED) is 0.853. The molecule has 1 aliphatic rings. The molecular weight excluding hydrogens is 240 g/mol. The molecule has 0 saturated carbocycles. The number of phenols is 1. The zero-order valence-corrected chi connectivity index (χ0v) is 10.4. The Bertz CT molecular complexity index is 605. The summed E-state index contributed by atoms with van der Waals surface area (Å²) in [5.41, 5.74) is 1.84. The maximum absolute atomic E-state index is 10.2. The van der Waals surface area contributed by atoms with Gasteiger partial charge in [0.2, 0.25) is 6.79 Å². The normalized spacial score (nSPS) is 14.1. The van der Waals surface area contributed by atoms with Crippen LogP contribution in [0.15, 0.2) is 55.1 Å². The first-order chi connectivity index (χ1) is 9.29. The van der Waals surface area contributed by atoms with Gasteiger partial charge in [-0.2, -0.15) is 0 Å². The average molecular weight is 254 g/mol. The summed E-state index contributed by atoms with van der Waals surface area (Å²) < 4.78 is 10.6. The number of ether oxygens (including phenoxy) is 2. The summed E-state index contributed by atoms with van der Waals surface area (Å²) in [7, 11) is 0. The van der Waals surface area contributed by atoms with Gasteiger partial charge in [0.1, 0.15) is 5.75 Å². The Hall–Kier alpha value is -2.42. The molecule has 0 bridgehead atoms. The number of allylic oxidation sites excluding steroid dienone is 1. The monoisotopic (exact) mass is 254 g/mol. The molecule has 0 saturated heterocycles. The van der Waals surface area contributed by atoms with Gasteiger partial charge in [-0.15, -0.1) is 6.58 Å². The van der Waals surface area contributed by atoms with E-state index in [4.69, 9.17) is 9.47 Å². The van der Waals surface area contributed by atoms with Crippen molar-refractivity contribution in [3.63, 3.8) is 0 Å². The van der Waals surface area contributed by atoms with E-state index in [0.717, 1.165) is 11.1 Å². The Morgan fingerprint density at radius 3 is 2.47 bits per heavy atom. The SMILES string of the molecule is C=CC(c1ccccc1)c1cc2c(cc1O)OCO2. The van der Waals surface area contributed by atoms with E-state index in [-0.39, 0.29) is 18.5 Å². The lowest BCUT2D eigenvalue weighted by Crippen LogP contribution is -1.98. The van der Waals surface area contributed by atoms with Gasteiger partial charge in [0.05, 0.1) is 0 Å². The molecule has 1 heterocycles. The standard InChI is InChI=1S/C16H14O3/c1-2-12(11-6-4-3-5-7-11)13-8-15-16(9-14(13)17)19-10-18-15/h2-9,12,17H,1,10H2. The fourth-order valence-corrected chi connectivity index (χ4v) is 2.30. The third-order valence-electron chi connectivity index (χ3n) is 3.25. The first-order valence-corrected chi connectivity index (χ1v) is 6.09. The summed E-state index contributed by atoms with van der Waals surface area (Å²) in [5.74, 6) is 1.36. The summed E-state index contributed by atoms with van der Waals surface area (Å²) >= 11 is 0. The van der Waals surface area contributed by atoms with E-state index in [1.54, 1.807) is 6.07 Å². The molecule has 2 aromatic rings. The van der Waals surface area contributed by atoms with Crippen molar-refractivity contribution in [2.45, 2.75) is 5.92 Å². The Morgan fingerprint density at radius 1 is 1.11 bits per heavy atom. The molecule has 1 atom stereocenters. The molecule has 19 heavy (non-hydrogen) atoms. The summed E-state index contributed by atoms with van der Waals surface area (Å²) in [4.78, 5) is 0. The lowest BCUT2D eigenvalue weighted by Gasteiger charge is -2.15. The second kappa shape index (κ2) is 4.69. The van der Waals surface area contributed by atoms with E-state index < -0.39 is 0 Å². The van der Waals surface area contributed by atoms with Crippen LogP contribution in [0.2, 0.25) is 0 Å². The van der Waals surface area contributed by atoms with Gasteiger partial charge >= 0.3 is 0 Å². The van der Waals surface area contributed by atoms with E-state index >= 15 is 0 Å². The van der Waals surface area contributed by atoms with Gasteiger partial charge in [-0.1, -0.05) is 36.4 Å². The van der Waals surface area contributed by atoms with Gasteiger partial charge in [0.25, 0.3) is 0 Å². The van der Waals surface area contributed by atoms with Crippen LogP contribution < -0.4 is 9.47 Å². The van der Waals surface area contributed by atoms with Crippen LogP contribution in [-0.2, 0) is 0 Å². The molecule has 1 unspecified atom stereocenters. The summed E-state index contributed by atoms with van der Waals surface area (Å²) in [6.45, 7) is 4.06. The molecule has 3 nitrogen and oxygen atoms in total. The van der Waals surface area contributed by atoms with E-state index in [2.05, 4.69) is 6.58 Å². The summed E-state index contributed by atoms with van der Waals surface area (Å²) in [6.07, 6.45) is 1.81. The van der Waals surface area contributed by atoms with Gasteiger partial charge < -0.3 is 14.6 Å². The van der Waals surface area contributed by atoms with Crippen LogP contribution in [0, 0.1) is 0 Å². The fourth-order valence-electron chi connectivity index (χ4n) is 2.30. The molecule has 0 amide bonds. The van der Waals surface area contributed by atoms with Crippen molar-refractivity contribution in [3.8, 4) is 17.2 Å². The molecule has 3 rings (SSSR count). The second-order valence-electron chi connectivity index (χ2n) is 4.39. The molecule has 3 heteroatoms. The molecule has 96 valence electrons. The van der Waals surface area contributed by atoms with Crippen LogP contribution in [0.25, 0.3) is 0 Å². The Morgan fingerprint density at radius 2 is 1.79 bits per heavy atom. The molecule has 0 aromatic heterocycles. The highest BCUT2D eigenvalue weighted by Gasteiger charge is 2.21. The maximum Gasteiger partial charge on any atom is 0.231 e. The Balaban J connectivity index is 2.07. The van der Waals surface area contributed by atoms with Crippen molar-refractivity contribution in [1.29, 1.82) is 0 Å². The Labute approximate surface area is 111 Å². The van der Waals surface area contributed by atoms with E-state index in [1.165, 1.54) is 0 Å². The fraction of sp³-hybridized carbons (Fsp3) is 0.125. The minimum atomic E-state index is -0.0734. The third kappa shape index (κ3) is 2.03. The largest absolute Gasteiger partial charge is 0.507 e. The zero-order valence-electron chi connectivity index (χ0n) is 10.4. The molecular formula is C16H14O3. The third-order valence-corrected chi connectivity index (χ3v) is 3.25. The van der Waals surface area contributed by atoms with Gasteiger partial charge in [-0.25, -0.2) is 0 Å². The average Bonchev–Trinajstić information content (AvgIpc) is 2.88. The Kier molecular flexibility index (Phi) is 2.88. The number of aromatic hydroxyl groups is 1. The van der Waals surface area contributed by atoms with Crippen molar-refractivity contribution in [1.82, 2.24) is 0 Å². The molecule has 2 aromatic carbocycles. The highest BCUT2D eigenvalue weighted by atomic mass is 16.7. The van der Waals surface area contributed by atoms with Crippen molar-refractivity contribution in [2.75, 3.05) is 6.79 Å². The van der Waals surface area contributed by atoms with Crippen LogP contribution in [0.4, 0.5) is 0 Å². The second-order valence-corrected chi connectivity index (χ2v) is 4.39. The van der Waals surface area contributed by atoms with Crippen molar-refractivity contribution in [2.24, 2.45) is 0 Å².